The average molecular weight is 473 g/mol. The number of benzene rings is 2. The Bertz CT molecular complexity index is 1250. The monoisotopic (exact) mass is 472 g/mol. The van der Waals surface area contributed by atoms with Gasteiger partial charge >= 0.3 is 0 Å². The van der Waals surface area contributed by atoms with Gasteiger partial charge in [-0.3, -0.25) is 19.0 Å². The van der Waals surface area contributed by atoms with E-state index in [0.29, 0.717) is 33.1 Å². The molecule has 0 spiro atoms. The number of hydrogen-bond donors (Lipinski definition) is 2. The highest BCUT2D eigenvalue weighted by molar-refractivity contribution is 7.99. The molecule has 2 heterocycles. The minimum absolute atomic E-state index is 0.0189. The lowest BCUT2D eigenvalue weighted by atomic mass is 10.2. The summed E-state index contributed by atoms with van der Waals surface area (Å²) in [6.07, 6.45) is 1.20. The summed E-state index contributed by atoms with van der Waals surface area (Å²) < 4.78 is 11.8. The molecule has 11 heteroatoms. The highest BCUT2D eigenvalue weighted by Gasteiger charge is 2.17. The first kappa shape index (κ1) is 21.7. The van der Waals surface area contributed by atoms with Crippen molar-refractivity contribution >= 4 is 46.6 Å². The number of aromatic nitrogens is 2. The number of anilines is 2. The standard InChI is InChI=1S/C21H17ClN4O5S/c1-26-20(29)15(19(28)25-13-4-2-12(22)3-5-13)9-23-21(26)32-10-18(27)24-14-6-7-16-17(8-14)31-11-30-16/h2-9H,10-11H2,1H3,(H,24,27)(H,25,28). The van der Waals surface area contributed by atoms with Crippen molar-refractivity contribution in [3.05, 3.63) is 69.6 Å². The van der Waals surface area contributed by atoms with Crippen LogP contribution in [0.15, 0.2) is 58.6 Å². The third-order valence-corrected chi connectivity index (χ3v) is 5.76. The molecule has 9 nitrogen and oxygen atoms in total. The zero-order valence-corrected chi connectivity index (χ0v) is 18.3. The third kappa shape index (κ3) is 4.87. The van der Waals surface area contributed by atoms with Gasteiger partial charge in [0.25, 0.3) is 11.5 Å². The minimum Gasteiger partial charge on any atom is -0.454 e. The average Bonchev–Trinajstić information content (AvgIpc) is 3.24. The lowest BCUT2D eigenvalue weighted by Crippen LogP contribution is -2.29. The Kier molecular flexibility index (Phi) is 6.33. The second-order valence-electron chi connectivity index (χ2n) is 6.68. The van der Waals surface area contributed by atoms with Crippen LogP contribution in [0.4, 0.5) is 11.4 Å². The predicted molar refractivity (Wildman–Crippen MR) is 121 cm³/mol. The Hall–Kier alpha value is -3.50. The number of halogens is 1. The number of thioether (sulfide) groups is 1. The lowest BCUT2D eigenvalue weighted by Gasteiger charge is -2.10. The first-order chi connectivity index (χ1) is 15.4. The van der Waals surface area contributed by atoms with Crippen LogP contribution < -0.4 is 25.7 Å². The fourth-order valence-corrected chi connectivity index (χ4v) is 3.71. The molecule has 1 aliphatic heterocycles. The molecule has 2 amide bonds. The Morgan fingerprint density at radius 1 is 1.09 bits per heavy atom. The minimum atomic E-state index is -0.586. The van der Waals surface area contributed by atoms with E-state index in [2.05, 4.69) is 15.6 Å². The van der Waals surface area contributed by atoms with Crippen LogP contribution in [0.3, 0.4) is 0 Å². The van der Waals surface area contributed by atoms with Crippen LogP contribution in [0.2, 0.25) is 5.02 Å². The van der Waals surface area contributed by atoms with Gasteiger partial charge in [0.2, 0.25) is 12.7 Å². The van der Waals surface area contributed by atoms with Crippen molar-refractivity contribution in [2.75, 3.05) is 23.2 Å². The topological polar surface area (TPSA) is 112 Å². The lowest BCUT2D eigenvalue weighted by molar-refractivity contribution is -0.113. The molecule has 0 fully saturated rings. The van der Waals surface area contributed by atoms with E-state index in [-0.39, 0.29) is 24.0 Å². The number of rotatable bonds is 6. The van der Waals surface area contributed by atoms with Gasteiger partial charge in [-0.05, 0) is 36.4 Å². The van der Waals surface area contributed by atoms with E-state index in [1.807, 2.05) is 0 Å². The summed E-state index contributed by atoms with van der Waals surface area (Å²) in [5, 5.41) is 6.22. The zero-order chi connectivity index (χ0) is 22.7. The highest BCUT2D eigenvalue weighted by Crippen LogP contribution is 2.34. The Labute approximate surface area is 191 Å². The summed E-state index contributed by atoms with van der Waals surface area (Å²) in [5.41, 5.74) is 0.428. The molecular weight excluding hydrogens is 456 g/mol. The normalized spacial score (nSPS) is 11.8. The zero-order valence-electron chi connectivity index (χ0n) is 16.8. The van der Waals surface area contributed by atoms with Crippen LogP contribution >= 0.6 is 23.4 Å². The number of hydrogen-bond acceptors (Lipinski definition) is 7. The molecule has 164 valence electrons. The fourth-order valence-electron chi connectivity index (χ4n) is 2.85. The van der Waals surface area contributed by atoms with Crippen LogP contribution in [0.25, 0.3) is 0 Å². The van der Waals surface area contributed by atoms with Crippen LogP contribution in [-0.2, 0) is 11.8 Å². The van der Waals surface area contributed by atoms with Crippen LogP contribution in [0.1, 0.15) is 10.4 Å². The van der Waals surface area contributed by atoms with Crippen molar-refractivity contribution in [1.29, 1.82) is 0 Å². The molecule has 0 unspecified atom stereocenters. The number of amides is 2. The maximum absolute atomic E-state index is 12.6. The van der Waals surface area contributed by atoms with E-state index in [9.17, 15) is 14.4 Å². The second-order valence-corrected chi connectivity index (χ2v) is 8.06. The van der Waals surface area contributed by atoms with Crippen molar-refractivity contribution in [2.45, 2.75) is 5.16 Å². The summed E-state index contributed by atoms with van der Waals surface area (Å²) in [5.74, 6) is 0.333. The van der Waals surface area contributed by atoms with E-state index in [4.69, 9.17) is 21.1 Å². The molecule has 1 aliphatic rings. The van der Waals surface area contributed by atoms with Gasteiger partial charge in [0, 0.05) is 35.7 Å². The molecular formula is C21H17ClN4O5S. The van der Waals surface area contributed by atoms with Crippen LogP contribution in [0, 0.1) is 0 Å². The summed E-state index contributed by atoms with van der Waals surface area (Å²) in [6, 6.07) is 11.6. The fraction of sp³-hybridized carbons (Fsp3) is 0.143. The van der Waals surface area contributed by atoms with Crippen LogP contribution in [-0.4, -0.2) is 33.9 Å². The second kappa shape index (κ2) is 9.33. The third-order valence-electron chi connectivity index (χ3n) is 4.46. The molecule has 0 saturated carbocycles. The SMILES string of the molecule is Cn1c(SCC(=O)Nc2ccc3c(c2)OCO3)ncc(C(=O)Nc2ccc(Cl)cc2)c1=O. The first-order valence-corrected chi connectivity index (χ1v) is 10.7. The van der Waals surface area contributed by atoms with Gasteiger partial charge < -0.3 is 20.1 Å². The highest BCUT2D eigenvalue weighted by atomic mass is 35.5. The van der Waals surface area contributed by atoms with Gasteiger partial charge in [-0.2, -0.15) is 0 Å². The van der Waals surface area contributed by atoms with E-state index in [1.54, 1.807) is 42.5 Å². The van der Waals surface area contributed by atoms with Crippen molar-refractivity contribution in [1.82, 2.24) is 9.55 Å². The quantitative estimate of drug-likeness (QED) is 0.418. The van der Waals surface area contributed by atoms with Crippen LogP contribution in [0.5, 0.6) is 11.5 Å². The van der Waals surface area contributed by atoms with Gasteiger partial charge in [-0.25, -0.2) is 4.98 Å². The van der Waals surface area contributed by atoms with Gasteiger partial charge in [0.05, 0.1) is 5.75 Å². The molecule has 4 rings (SSSR count). The summed E-state index contributed by atoms with van der Waals surface area (Å²) in [6.45, 7) is 0.149. The van der Waals surface area contributed by atoms with Gasteiger partial charge in [0.1, 0.15) is 5.56 Å². The summed E-state index contributed by atoms with van der Waals surface area (Å²) in [7, 11) is 1.49. The Morgan fingerprint density at radius 3 is 2.59 bits per heavy atom. The molecule has 2 N–H and O–H groups in total. The number of nitrogens with one attached hydrogen (secondary N) is 2. The van der Waals surface area contributed by atoms with Gasteiger partial charge in [-0.1, -0.05) is 23.4 Å². The molecule has 0 bridgehead atoms. The summed E-state index contributed by atoms with van der Waals surface area (Å²) in [4.78, 5) is 41.5. The molecule has 1 aromatic heterocycles. The van der Waals surface area contributed by atoms with E-state index < -0.39 is 11.5 Å². The van der Waals surface area contributed by atoms with E-state index >= 15 is 0 Å². The number of carbonyl (C=O) groups is 2. The Morgan fingerprint density at radius 2 is 1.81 bits per heavy atom. The molecule has 3 aromatic rings. The van der Waals surface area contributed by atoms with Gasteiger partial charge in [0.15, 0.2) is 16.7 Å². The maximum atomic E-state index is 12.6. The molecule has 2 aromatic carbocycles. The van der Waals surface area contributed by atoms with Crippen molar-refractivity contribution < 1.29 is 19.1 Å². The molecule has 0 radical (unpaired) electrons. The van der Waals surface area contributed by atoms with Gasteiger partial charge in [-0.15, -0.1) is 0 Å². The van der Waals surface area contributed by atoms with E-state index in [0.717, 1.165) is 11.8 Å². The molecule has 0 atom stereocenters. The number of ether oxygens (including phenoxy) is 2. The summed E-state index contributed by atoms with van der Waals surface area (Å²) >= 11 is 6.91. The number of nitrogens with zero attached hydrogens (tertiary/aromatic N) is 2. The molecule has 0 aliphatic carbocycles. The predicted octanol–water partition coefficient (Wildman–Crippen LogP) is 3.15. The largest absolute Gasteiger partial charge is 0.454 e. The maximum Gasteiger partial charge on any atom is 0.266 e. The van der Waals surface area contributed by atoms with Crippen molar-refractivity contribution in [2.24, 2.45) is 7.05 Å². The van der Waals surface area contributed by atoms with E-state index in [1.165, 1.54) is 17.8 Å². The van der Waals surface area contributed by atoms with Crippen molar-refractivity contribution in [3.8, 4) is 11.5 Å². The molecule has 0 saturated heterocycles. The smallest absolute Gasteiger partial charge is 0.266 e. The first-order valence-electron chi connectivity index (χ1n) is 9.36. The number of fused-ring (bicyclic) bond motifs is 1. The Balaban J connectivity index is 1.38. The molecule has 32 heavy (non-hydrogen) atoms. The van der Waals surface area contributed by atoms with Crippen molar-refractivity contribution in [3.63, 3.8) is 0 Å². The number of carbonyl (C=O) groups excluding carboxylic acids is 2.